The summed E-state index contributed by atoms with van der Waals surface area (Å²) in [5.74, 6) is 2.42. The van der Waals surface area contributed by atoms with Crippen molar-refractivity contribution in [2.75, 3.05) is 42.7 Å². The van der Waals surface area contributed by atoms with Gasteiger partial charge < -0.3 is 46.1 Å². The molecule has 0 N–H and O–H groups in total. The fraction of sp³-hybridized carbons (Fsp3) is 0.167. The molecule has 0 saturated heterocycles. The number of ether oxygens (including phenoxy) is 6. The second-order valence-corrected chi connectivity index (χ2v) is 10.4. The summed E-state index contributed by atoms with van der Waals surface area (Å²) in [6.45, 7) is 0. The maximum absolute atomic E-state index is 12.5. The van der Waals surface area contributed by atoms with Gasteiger partial charge in [-0.15, -0.1) is 0 Å². The van der Waals surface area contributed by atoms with Crippen molar-refractivity contribution in [2.24, 2.45) is 0 Å². The Labute approximate surface area is 270 Å². The Morgan fingerprint density at radius 3 is 1.15 bits per heavy atom. The van der Waals surface area contributed by atoms with Gasteiger partial charge in [-0.25, -0.2) is 9.59 Å². The number of fused-ring (bicyclic) bond motifs is 10. The van der Waals surface area contributed by atoms with Crippen molar-refractivity contribution in [3.05, 3.63) is 81.5 Å². The molecular formula is C36H28O12. The van der Waals surface area contributed by atoms with Crippen molar-refractivity contribution in [1.82, 2.24) is 0 Å². The fourth-order valence-corrected chi connectivity index (χ4v) is 5.96. The largest absolute Gasteiger partial charge is 0.493 e. The molecular weight excluding hydrogens is 624 g/mol. The molecule has 12 nitrogen and oxygen atoms in total. The zero-order valence-corrected chi connectivity index (χ0v) is 26.7. The number of methoxy groups -OCH3 is 6. The van der Waals surface area contributed by atoms with Crippen LogP contribution in [0.1, 0.15) is 0 Å². The van der Waals surface area contributed by atoms with Crippen LogP contribution in [0.5, 0.6) is 34.5 Å². The number of rotatable bonds is 6. The smallest absolute Gasteiger partial charge is 0.348 e. The Kier molecular flexibility index (Phi) is 7.47. The summed E-state index contributed by atoms with van der Waals surface area (Å²) in [5, 5.41) is 3.23. The SMILES string of the molecule is COc1cc2c(oc3c4ccccc4oc(=O)c23)c(OC)c1OC.COc1cc2c(oc3c4ccccc4oc(=O)c23)c(OC)c1OC. The van der Waals surface area contributed by atoms with Crippen LogP contribution in [0.2, 0.25) is 0 Å². The lowest BCUT2D eigenvalue weighted by molar-refractivity contribution is 0.324. The van der Waals surface area contributed by atoms with Crippen molar-refractivity contribution in [3.63, 3.8) is 0 Å². The Balaban J connectivity index is 0.000000152. The van der Waals surface area contributed by atoms with E-state index in [1.807, 2.05) is 24.3 Å². The summed E-state index contributed by atoms with van der Waals surface area (Å²) < 4.78 is 55.1. The van der Waals surface area contributed by atoms with Crippen LogP contribution in [0.25, 0.3) is 65.8 Å². The molecule has 8 rings (SSSR count). The van der Waals surface area contributed by atoms with Gasteiger partial charge in [0, 0.05) is 10.8 Å². The minimum Gasteiger partial charge on any atom is -0.493 e. The fourth-order valence-electron chi connectivity index (χ4n) is 5.96. The third-order valence-electron chi connectivity index (χ3n) is 8.05. The monoisotopic (exact) mass is 652 g/mol. The number of furan rings is 2. The number of hydrogen-bond acceptors (Lipinski definition) is 12. The quantitative estimate of drug-likeness (QED) is 0.165. The average Bonchev–Trinajstić information content (AvgIpc) is 3.70. The summed E-state index contributed by atoms with van der Waals surface area (Å²) in [6.07, 6.45) is 0. The number of benzene rings is 4. The van der Waals surface area contributed by atoms with E-state index in [1.165, 1.54) is 42.7 Å². The second-order valence-electron chi connectivity index (χ2n) is 10.4. The van der Waals surface area contributed by atoms with Gasteiger partial charge in [0.2, 0.25) is 23.0 Å². The summed E-state index contributed by atoms with van der Waals surface area (Å²) in [5.41, 5.74) is 1.70. The lowest BCUT2D eigenvalue weighted by Gasteiger charge is -2.11. The van der Waals surface area contributed by atoms with Gasteiger partial charge in [0.05, 0.1) is 53.4 Å². The molecule has 0 spiro atoms. The minimum atomic E-state index is -0.475. The summed E-state index contributed by atoms with van der Waals surface area (Å²) in [7, 11) is 9.07. The van der Waals surface area contributed by atoms with Gasteiger partial charge in [-0.1, -0.05) is 24.3 Å². The van der Waals surface area contributed by atoms with Crippen LogP contribution >= 0.6 is 0 Å². The molecule has 0 radical (unpaired) electrons. The molecule has 0 unspecified atom stereocenters. The normalized spacial score (nSPS) is 11.3. The van der Waals surface area contributed by atoms with Crippen LogP contribution in [0, 0.1) is 0 Å². The van der Waals surface area contributed by atoms with Gasteiger partial charge in [-0.05, 0) is 36.4 Å². The van der Waals surface area contributed by atoms with E-state index in [1.54, 1.807) is 36.4 Å². The van der Waals surface area contributed by atoms with Crippen molar-refractivity contribution in [2.45, 2.75) is 0 Å². The highest BCUT2D eigenvalue weighted by Crippen LogP contribution is 2.48. The first-order chi connectivity index (χ1) is 23.4. The summed E-state index contributed by atoms with van der Waals surface area (Å²) >= 11 is 0. The van der Waals surface area contributed by atoms with E-state index in [0.29, 0.717) is 100 Å². The summed E-state index contributed by atoms with van der Waals surface area (Å²) in [6, 6.07) is 17.8. The molecule has 4 aromatic carbocycles. The highest BCUT2D eigenvalue weighted by molar-refractivity contribution is 6.16. The maximum atomic E-state index is 12.5. The molecule has 244 valence electrons. The molecule has 0 bridgehead atoms. The Hall–Kier alpha value is -6.30. The third kappa shape index (κ3) is 4.44. The van der Waals surface area contributed by atoms with Gasteiger partial charge >= 0.3 is 11.3 Å². The van der Waals surface area contributed by atoms with E-state index in [2.05, 4.69) is 0 Å². The Bertz CT molecular complexity index is 2450. The third-order valence-corrected chi connectivity index (χ3v) is 8.05. The molecule has 48 heavy (non-hydrogen) atoms. The highest BCUT2D eigenvalue weighted by atomic mass is 16.5. The van der Waals surface area contributed by atoms with Crippen LogP contribution in [0.3, 0.4) is 0 Å². The van der Waals surface area contributed by atoms with Gasteiger partial charge in [0.15, 0.2) is 33.8 Å². The van der Waals surface area contributed by atoms with Crippen LogP contribution in [0.15, 0.2) is 87.9 Å². The van der Waals surface area contributed by atoms with Crippen LogP contribution in [-0.4, -0.2) is 42.7 Å². The molecule has 0 aliphatic rings. The first-order valence-electron chi connectivity index (χ1n) is 14.5. The Morgan fingerprint density at radius 1 is 0.417 bits per heavy atom. The van der Waals surface area contributed by atoms with Gasteiger partial charge in [0.25, 0.3) is 0 Å². The molecule has 0 fully saturated rings. The maximum Gasteiger partial charge on any atom is 0.348 e. The van der Waals surface area contributed by atoms with Crippen LogP contribution in [0.4, 0.5) is 0 Å². The lowest BCUT2D eigenvalue weighted by atomic mass is 10.1. The van der Waals surface area contributed by atoms with E-state index >= 15 is 0 Å². The van der Waals surface area contributed by atoms with E-state index in [9.17, 15) is 9.59 Å². The van der Waals surface area contributed by atoms with E-state index in [-0.39, 0.29) is 0 Å². The standard InChI is InChI=1S/2C18H14O6/c2*1-20-12-8-10-13-14(24-15(10)17(22-3)16(12)21-2)9-6-4-5-7-11(9)23-18(13)19/h2*4-8H,1-3H3. The van der Waals surface area contributed by atoms with Crippen LogP contribution < -0.4 is 39.7 Å². The van der Waals surface area contributed by atoms with Crippen molar-refractivity contribution in [3.8, 4) is 34.5 Å². The van der Waals surface area contributed by atoms with Crippen molar-refractivity contribution < 1.29 is 46.1 Å². The molecule has 0 amide bonds. The van der Waals surface area contributed by atoms with Gasteiger partial charge in [-0.3, -0.25) is 0 Å². The molecule has 8 aromatic rings. The van der Waals surface area contributed by atoms with E-state index in [0.717, 1.165) is 0 Å². The molecule has 4 aromatic heterocycles. The van der Waals surface area contributed by atoms with Crippen molar-refractivity contribution in [1.29, 1.82) is 0 Å². The minimum absolute atomic E-state index is 0.350. The van der Waals surface area contributed by atoms with Gasteiger partial charge in [0.1, 0.15) is 21.9 Å². The topological polar surface area (TPSA) is 142 Å². The lowest BCUT2D eigenvalue weighted by Crippen LogP contribution is -1.99. The average molecular weight is 653 g/mol. The predicted molar refractivity (Wildman–Crippen MR) is 179 cm³/mol. The summed E-state index contributed by atoms with van der Waals surface area (Å²) in [4.78, 5) is 25.0. The molecule has 0 atom stereocenters. The zero-order chi connectivity index (χ0) is 33.7. The predicted octanol–water partition coefficient (Wildman–Crippen LogP) is 7.44. The number of hydrogen-bond donors (Lipinski definition) is 0. The first-order valence-corrected chi connectivity index (χ1v) is 14.5. The molecule has 4 heterocycles. The van der Waals surface area contributed by atoms with Gasteiger partial charge in [-0.2, -0.15) is 0 Å². The number of para-hydroxylation sites is 2. The Morgan fingerprint density at radius 2 is 0.792 bits per heavy atom. The molecule has 0 aliphatic heterocycles. The first kappa shape index (κ1) is 30.4. The van der Waals surface area contributed by atoms with Crippen LogP contribution in [-0.2, 0) is 0 Å². The molecule has 12 heteroatoms. The highest BCUT2D eigenvalue weighted by Gasteiger charge is 2.26. The van der Waals surface area contributed by atoms with E-state index < -0.39 is 11.3 Å². The van der Waals surface area contributed by atoms with Crippen molar-refractivity contribution >= 4 is 65.8 Å². The second kappa shape index (κ2) is 11.8. The molecule has 0 saturated carbocycles. The zero-order valence-electron chi connectivity index (χ0n) is 26.7. The van der Waals surface area contributed by atoms with E-state index in [4.69, 9.17) is 46.1 Å². The molecule has 0 aliphatic carbocycles.